The first-order chi connectivity index (χ1) is 39.1. The smallest absolute Gasteiger partial charge is 0.252 e. The molecule has 0 aliphatic carbocycles. The van der Waals surface area contributed by atoms with Gasteiger partial charge in [-0.3, -0.25) is 19.6 Å². The minimum absolute atomic E-state index is 0.0621. The van der Waals surface area contributed by atoms with Crippen LogP contribution in [0.1, 0.15) is 47.2 Å². The highest BCUT2D eigenvalue weighted by Crippen LogP contribution is 2.31. The van der Waals surface area contributed by atoms with Gasteiger partial charge in [0.15, 0.2) is 12.4 Å². The Balaban J connectivity index is 0.000000292. The molecule has 10 atom stereocenters. The Morgan fingerprint density at radius 1 is 0.580 bits per heavy atom. The number of nitrogens with zero attached hydrogens (tertiary/aromatic N) is 2. The van der Waals surface area contributed by atoms with E-state index in [0.717, 1.165) is 50.8 Å². The fourth-order valence-corrected chi connectivity index (χ4v) is 9.13. The van der Waals surface area contributed by atoms with Crippen molar-refractivity contribution in [3.8, 4) is 34.5 Å². The van der Waals surface area contributed by atoms with Gasteiger partial charge < -0.3 is 74.7 Å². The number of hydrogen-bond acceptors (Lipinski definition) is 17. The van der Waals surface area contributed by atoms with Gasteiger partial charge in [-0.1, -0.05) is 35.4 Å². The summed E-state index contributed by atoms with van der Waals surface area (Å²) in [6.45, 7) is 7.69. The van der Waals surface area contributed by atoms with Gasteiger partial charge in [-0.25, -0.2) is 0 Å². The van der Waals surface area contributed by atoms with Gasteiger partial charge in [0, 0.05) is 49.4 Å². The topological polar surface area (TPSA) is 264 Å². The van der Waals surface area contributed by atoms with Crippen molar-refractivity contribution in [3.05, 3.63) is 179 Å². The zero-order valence-electron chi connectivity index (χ0n) is 46.5. The first-order valence-corrected chi connectivity index (χ1v) is 26.6. The molecule has 19 heteroatoms. The van der Waals surface area contributed by atoms with Crippen LogP contribution >= 0.6 is 0 Å². The lowest BCUT2D eigenvalue weighted by molar-refractivity contribution is -0.325. The van der Waals surface area contributed by atoms with Crippen LogP contribution in [0, 0.1) is 13.8 Å². The zero-order valence-corrected chi connectivity index (χ0v) is 46.5. The van der Waals surface area contributed by atoms with Gasteiger partial charge in [-0.15, -0.1) is 0 Å². The van der Waals surface area contributed by atoms with Crippen LogP contribution in [0.25, 0.3) is 0 Å². The Labute approximate surface area is 472 Å². The molecule has 430 valence electrons. The first-order valence-electron chi connectivity index (χ1n) is 26.6. The van der Waals surface area contributed by atoms with E-state index in [2.05, 4.69) is 22.5 Å². The standard InChI is InChI=1S/C39H49N3O12.C23H24N2O2/c1-21-6-12-27(13-7-21)52-28-16-10-25(11-17-28)31(24-8-14-26(49-4)15-9-24)40-18-19-41-38(48)37-36(50-5)33(46)34(47)39(54-37)53-35-30(42-23(3)44)22(2)51-29(20-43)32(35)45;1-17-3-9-21(10-4-17)27-22-13-7-19(8-14-22)23(25-16-15-24)18-5-11-20(26-2)12-6-18/h6-17,22,29-30,32-37,39,43,45-47H,18-20H2,1-5H3,(H,41,48)(H,42,44);3-14H,15-16,24H2,1-2H3/t22-,29-,30?,32+,33?,34?,35?,36-,37+,39+;/m0./s1. The highest BCUT2D eigenvalue weighted by atomic mass is 16.7. The Hall–Kier alpha value is -7.56. The quantitative estimate of drug-likeness (QED) is 0.0330. The van der Waals surface area contributed by atoms with E-state index in [4.69, 9.17) is 48.6 Å². The molecule has 0 saturated carbocycles. The zero-order chi connectivity index (χ0) is 58.0. The number of aliphatic hydroxyl groups is 4. The van der Waals surface area contributed by atoms with Crippen molar-refractivity contribution in [2.45, 2.75) is 88.9 Å². The van der Waals surface area contributed by atoms with Crippen LogP contribution in [0.15, 0.2) is 156 Å². The van der Waals surface area contributed by atoms with E-state index in [0.29, 0.717) is 36.0 Å². The van der Waals surface area contributed by atoms with Crippen molar-refractivity contribution < 1.29 is 67.9 Å². The monoisotopic (exact) mass is 1110 g/mol. The predicted molar refractivity (Wildman–Crippen MR) is 306 cm³/mol. The van der Waals surface area contributed by atoms with E-state index in [1.807, 2.05) is 153 Å². The largest absolute Gasteiger partial charge is 0.497 e. The highest BCUT2D eigenvalue weighted by molar-refractivity contribution is 6.13. The first kappa shape index (κ1) is 61.1. The number of nitrogens with two attached hydrogens (primary N) is 1. The van der Waals surface area contributed by atoms with Gasteiger partial charge in [0.25, 0.3) is 5.91 Å². The van der Waals surface area contributed by atoms with Gasteiger partial charge in [-0.2, -0.15) is 0 Å². The average molecular weight is 1110 g/mol. The predicted octanol–water partition coefficient (Wildman–Crippen LogP) is 5.83. The van der Waals surface area contributed by atoms with Crippen LogP contribution in [0.4, 0.5) is 0 Å². The summed E-state index contributed by atoms with van der Waals surface area (Å²) in [6.07, 6.45) is -12.2. The summed E-state index contributed by atoms with van der Waals surface area (Å²) in [7, 11) is 4.50. The van der Waals surface area contributed by atoms with Crippen molar-refractivity contribution >= 4 is 23.2 Å². The Kier molecular flexibility index (Phi) is 22.4. The number of benzene rings is 6. The average Bonchev–Trinajstić information content (AvgIpc) is 3.53. The molecule has 6 aromatic carbocycles. The van der Waals surface area contributed by atoms with Crippen LogP contribution in [0.3, 0.4) is 0 Å². The maximum atomic E-state index is 13.5. The molecule has 81 heavy (non-hydrogen) atoms. The fourth-order valence-electron chi connectivity index (χ4n) is 9.13. The Bertz CT molecular complexity index is 2980. The lowest BCUT2D eigenvalue weighted by Gasteiger charge is -2.47. The number of hydrogen-bond donors (Lipinski definition) is 7. The summed E-state index contributed by atoms with van der Waals surface area (Å²) in [5, 5.41) is 48.1. The highest BCUT2D eigenvalue weighted by Gasteiger charge is 2.52. The SMILES string of the molecule is COc1ccc(C(=NCCN)c2ccc(Oc3ccc(C)cc3)cc2)cc1.COc1ccc(C(=NCCNC(=O)[C@@H]2O[C@@H](OC3C(NC(C)=O)[C@H](C)O[C@@H](CO)[C@H]3O)C(O)C(O)[C@@H]2OC)c2ccc(Oc3ccc(C)cc3)cc2)cc1. The van der Waals surface area contributed by atoms with Gasteiger partial charge in [-0.05, 0) is 142 Å². The van der Waals surface area contributed by atoms with Crippen molar-refractivity contribution in [2.75, 3.05) is 54.1 Å². The van der Waals surface area contributed by atoms with Crippen LogP contribution in [-0.2, 0) is 28.5 Å². The summed E-state index contributed by atoms with van der Waals surface area (Å²) in [5.74, 6) is 3.36. The molecule has 19 nitrogen and oxygen atoms in total. The molecule has 0 bridgehead atoms. The molecular formula is C62H73N5O14. The molecule has 2 heterocycles. The maximum Gasteiger partial charge on any atom is 0.252 e. The van der Waals surface area contributed by atoms with E-state index in [-0.39, 0.29) is 13.1 Å². The van der Waals surface area contributed by atoms with E-state index >= 15 is 0 Å². The Morgan fingerprint density at radius 2 is 1.00 bits per heavy atom. The summed E-state index contributed by atoms with van der Waals surface area (Å²) in [4.78, 5) is 35.0. The molecule has 2 saturated heterocycles. The summed E-state index contributed by atoms with van der Waals surface area (Å²) < 4.78 is 45.3. The van der Waals surface area contributed by atoms with Crippen LogP contribution in [-0.4, -0.2) is 159 Å². The van der Waals surface area contributed by atoms with Gasteiger partial charge in [0.1, 0.15) is 71.1 Å². The lowest BCUT2D eigenvalue weighted by atomic mass is 9.92. The molecule has 0 aromatic heterocycles. The third kappa shape index (κ3) is 16.5. The van der Waals surface area contributed by atoms with Crippen molar-refractivity contribution in [1.82, 2.24) is 10.6 Å². The third-order valence-corrected chi connectivity index (χ3v) is 13.5. The van der Waals surface area contributed by atoms with Crippen molar-refractivity contribution in [1.29, 1.82) is 0 Å². The number of methoxy groups -OCH3 is 3. The summed E-state index contributed by atoms with van der Waals surface area (Å²) in [6, 6.07) is 45.6. The number of ether oxygens (including phenoxy) is 8. The minimum Gasteiger partial charge on any atom is -0.497 e. The number of carbonyl (C=O) groups excluding carboxylic acids is 2. The number of carbonyl (C=O) groups is 2. The Morgan fingerprint density at radius 3 is 1.40 bits per heavy atom. The van der Waals surface area contributed by atoms with Crippen LogP contribution in [0.5, 0.6) is 34.5 Å². The second-order valence-electron chi connectivity index (χ2n) is 19.4. The van der Waals surface area contributed by atoms with E-state index in [9.17, 15) is 30.0 Å². The molecule has 8 rings (SSSR count). The fraction of sp³-hybridized carbons (Fsp3) is 0.355. The molecule has 0 spiro atoms. The molecule has 2 amide bonds. The van der Waals surface area contributed by atoms with E-state index < -0.39 is 79.6 Å². The summed E-state index contributed by atoms with van der Waals surface area (Å²) >= 11 is 0. The number of aliphatic imine (C=N–C) groups is 2. The molecule has 6 aromatic rings. The molecule has 2 aliphatic rings. The third-order valence-electron chi connectivity index (χ3n) is 13.5. The number of amides is 2. The summed E-state index contributed by atoms with van der Waals surface area (Å²) in [5.41, 5.74) is 13.2. The molecule has 2 fully saturated rings. The number of rotatable bonds is 21. The molecule has 4 unspecified atom stereocenters. The van der Waals surface area contributed by atoms with Gasteiger partial charge in [0.05, 0.1) is 57.5 Å². The number of aliphatic hydroxyl groups excluding tert-OH is 4. The number of aryl methyl sites for hydroxylation is 2. The minimum atomic E-state index is -1.71. The van der Waals surface area contributed by atoms with Gasteiger partial charge >= 0.3 is 0 Å². The number of nitrogens with one attached hydrogen (secondary N) is 2. The molecule has 0 radical (unpaired) electrons. The normalized spacial score (nSPS) is 22.8. The van der Waals surface area contributed by atoms with E-state index in [1.165, 1.54) is 19.6 Å². The van der Waals surface area contributed by atoms with Crippen molar-refractivity contribution in [2.24, 2.45) is 15.7 Å². The van der Waals surface area contributed by atoms with Crippen molar-refractivity contribution in [3.63, 3.8) is 0 Å². The van der Waals surface area contributed by atoms with Crippen LogP contribution in [0.2, 0.25) is 0 Å². The molecular weight excluding hydrogens is 1040 g/mol. The van der Waals surface area contributed by atoms with E-state index in [1.54, 1.807) is 21.1 Å². The van der Waals surface area contributed by atoms with Gasteiger partial charge in [0.2, 0.25) is 5.91 Å². The second-order valence-corrected chi connectivity index (χ2v) is 19.4. The molecule has 8 N–H and O–H groups in total. The lowest BCUT2D eigenvalue weighted by Crippen LogP contribution is -2.68. The second kappa shape index (κ2) is 29.8. The maximum absolute atomic E-state index is 13.5. The van der Waals surface area contributed by atoms with Crippen LogP contribution < -0.4 is 35.3 Å². The molecule has 2 aliphatic heterocycles.